The van der Waals surface area contributed by atoms with Gasteiger partial charge in [0.25, 0.3) is 5.69 Å². The SMILES string of the molecule is Cc1ccnc(Cl)c1NC(=O)Cc1cccc([N+](=O)[O-])c1. The lowest BCUT2D eigenvalue weighted by Crippen LogP contribution is -2.15. The van der Waals surface area contributed by atoms with Crippen molar-refractivity contribution in [2.45, 2.75) is 13.3 Å². The molecule has 0 unspecified atom stereocenters. The van der Waals surface area contributed by atoms with E-state index in [4.69, 9.17) is 11.6 Å². The lowest BCUT2D eigenvalue weighted by molar-refractivity contribution is -0.384. The van der Waals surface area contributed by atoms with E-state index in [2.05, 4.69) is 10.3 Å². The average Bonchev–Trinajstić information content (AvgIpc) is 2.43. The molecule has 1 N–H and O–H groups in total. The number of nitrogens with one attached hydrogen (secondary N) is 1. The molecular formula is C14H12ClN3O3. The maximum absolute atomic E-state index is 12.0. The van der Waals surface area contributed by atoms with Crippen LogP contribution in [0.1, 0.15) is 11.1 Å². The number of hydrogen-bond acceptors (Lipinski definition) is 4. The number of halogens is 1. The summed E-state index contributed by atoms with van der Waals surface area (Å²) in [4.78, 5) is 26.1. The molecule has 0 fully saturated rings. The van der Waals surface area contributed by atoms with Gasteiger partial charge in [-0.25, -0.2) is 4.98 Å². The molecule has 2 aromatic rings. The quantitative estimate of drug-likeness (QED) is 0.534. The number of rotatable bonds is 4. The molecule has 0 radical (unpaired) electrons. The number of hydrogen-bond donors (Lipinski definition) is 1. The van der Waals surface area contributed by atoms with Crippen LogP contribution >= 0.6 is 11.6 Å². The molecule has 1 amide bonds. The Morgan fingerprint density at radius 3 is 2.86 bits per heavy atom. The van der Waals surface area contributed by atoms with E-state index in [1.807, 2.05) is 0 Å². The van der Waals surface area contributed by atoms with Crippen LogP contribution in [0.2, 0.25) is 5.15 Å². The number of non-ortho nitro benzene ring substituents is 1. The van der Waals surface area contributed by atoms with E-state index in [-0.39, 0.29) is 23.2 Å². The van der Waals surface area contributed by atoms with Crippen LogP contribution in [0.25, 0.3) is 0 Å². The number of nitro groups is 1. The summed E-state index contributed by atoms with van der Waals surface area (Å²) in [5.41, 5.74) is 1.76. The summed E-state index contributed by atoms with van der Waals surface area (Å²) in [6.45, 7) is 1.80. The van der Waals surface area contributed by atoms with Crippen molar-refractivity contribution in [2.24, 2.45) is 0 Å². The number of aromatic nitrogens is 1. The van der Waals surface area contributed by atoms with Crippen LogP contribution in [0.15, 0.2) is 36.5 Å². The summed E-state index contributed by atoms with van der Waals surface area (Å²) in [5.74, 6) is -0.312. The fraction of sp³-hybridized carbons (Fsp3) is 0.143. The van der Waals surface area contributed by atoms with Gasteiger partial charge in [-0.1, -0.05) is 23.7 Å². The maximum atomic E-state index is 12.0. The largest absolute Gasteiger partial charge is 0.323 e. The van der Waals surface area contributed by atoms with Crippen LogP contribution in [0.5, 0.6) is 0 Å². The zero-order chi connectivity index (χ0) is 15.4. The van der Waals surface area contributed by atoms with Gasteiger partial charge in [0.1, 0.15) is 0 Å². The molecule has 0 aliphatic rings. The Balaban J connectivity index is 2.12. The zero-order valence-electron chi connectivity index (χ0n) is 11.2. The van der Waals surface area contributed by atoms with Gasteiger partial charge in [-0.05, 0) is 24.1 Å². The topological polar surface area (TPSA) is 85.1 Å². The molecular weight excluding hydrogens is 294 g/mol. The first-order valence-electron chi connectivity index (χ1n) is 6.11. The second-order valence-corrected chi connectivity index (χ2v) is 4.80. The second kappa shape index (κ2) is 6.32. The van der Waals surface area contributed by atoms with Gasteiger partial charge in [0.15, 0.2) is 5.15 Å². The van der Waals surface area contributed by atoms with Gasteiger partial charge in [-0.3, -0.25) is 14.9 Å². The van der Waals surface area contributed by atoms with Gasteiger partial charge in [-0.2, -0.15) is 0 Å². The number of carbonyl (C=O) groups excluding carboxylic acids is 1. The standard InChI is InChI=1S/C14H12ClN3O3/c1-9-5-6-16-14(15)13(9)17-12(19)8-10-3-2-4-11(7-10)18(20)21/h2-7H,8H2,1H3,(H,17,19). The molecule has 21 heavy (non-hydrogen) atoms. The number of amides is 1. The molecule has 0 saturated carbocycles. The van der Waals surface area contributed by atoms with Crippen molar-refractivity contribution in [3.05, 3.63) is 62.9 Å². The molecule has 0 aliphatic heterocycles. The van der Waals surface area contributed by atoms with E-state index in [0.717, 1.165) is 5.56 Å². The molecule has 0 saturated heterocycles. The van der Waals surface area contributed by atoms with Crippen LogP contribution in [-0.4, -0.2) is 15.8 Å². The van der Waals surface area contributed by atoms with Crippen molar-refractivity contribution < 1.29 is 9.72 Å². The molecule has 0 bridgehead atoms. The number of pyridine rings is 1. The summed E-state index contributed by atoms with van der Waals surface area (Å²) < 4.78 is 0. The molecule has 0 aliphatic carbocycles. The Kier molecular flexibility index (Phi) is 4.49. The minimum atomic E-state index is -0.496. The monoisotopic (exact) mass is 305 g/mol. The molecule has 1 aromatic carbocycles. The lowest BCUT2D eigenvalue weighted by atomic mass is 10.1. The second-order valence-electron chi connectivity index (χ2n) is 4.45. The number of nitrogens with zero attached hydrogens (tertiary/aromatic N) is 2. The van der Waals surface area contributed by atoms with Gasteiger partial charge in [-0.15, -0.1) is 0 Å². The van der Waals surface area contributed by atoms with E-state index in [9.17, 15) is 14.9 Å². The number of aryl methyl sites for hydroxylation is 1. The smallest absolute Gasteiger partial charge is 0.269 e. The Morgan fingerprint density at radius 2 is 2.19 bits per heavy atom. The average molecular weight is 306 g/mol. The highest BCUT2D eigenvalue weighted by Crippen LogP contribution is 2.23. The van der Waals surface area contributed by atoms with Gasteiger partial charge in [0.2, 0.25) is 5.91 Å². The Labute approximate surface area is 125 Å². The van der Waals surface area contributed by atoms with Gasteiger partial charge in [0.05, 0.1) is 17.0 Å². The highest BCUT2D eigenvalue weighted by molar-refractivity contribution is 6.32. The van der Waals surface area contributed by atoms with Crippen molar-refractivity contribution in [2.75, 3.05) is 5.32 Å². The van der Waals surface area contributed by atoms with Crippen molar-refractivity contribution in [3.63, 3.8) is 0 Å². The first-order valence-corrected chi connectivity index (χ1v) is 6.49. The first-order chi connectivity index (χ1) is 9.97. The fourth-order valence-electron chi connectivity index (χ4n) is 1.82. The van der Waals surface area contributed by atoms with Gasteiger partial charge in [0, 0.05) is 18.3 Å². The summed E-state index contributed by atoms with van der Waals surface area (Å²) in [6, 6.07) is 7.68. The van der Waals surface area contributed by atoms with Gasteiger partial charge >= 0.3 is 0 Å². The van der Waals surface area contributed by atoms with Crippen molar-refractivity contribution in [1.29, 1.82) is 0 Å². The number of nitro benzene ring substituents is 1. The molecule has 1 heterocycles. The minimum Gasteiger partial charge on any atom is -0.323 e. The molecule has 108 valence electrons. The van der Waals surface area contributed by atoms with E-state index in [1.165, 1.54) is 12.1 Å². The molecule has 1 aromatic heterocycles. The highest BCUT2D eigenvalue weighted by atomic mass is 35.5. The Bertz CT molecular complexity index is 683. The lowest BCUT2D eigenvalue weighted by Gasteiger charge is -2.09. The maximum Gasteiger partial charge on any atom is 0.269 e. The van der Waals surface area contributed by atoms with Crippen molar-refractivity contribution >= 4 is 28.9 Å². The molecule has 6 nitrogen and oxygen atoms in total. The summed E-state index contributed by atoms with van der Waals surface area (Å²) >= 11 is 5.93. The normalized spacial score (nSPS) is 10.2. The van der Waals surface area contributed by atoms with E-state index in [1.54, 1.807) is 31.3 Å². The van der Waals surface area contributed by atoms with Gasteiger partial charge < -0.3 is 5.32 Å². The number of anilines is 1. The van der Waals surface area contributed by atoms with Crippen LogP contribution in [-0.2, 0) is 11.2 Å². The van der Waals surface area contributed by atoms with Crippen LogP contribution in [0.3, 0.4) is 0 Å². The first kappa shape index (κ1) is 14.9. The Hall–Kier alpha value is -2.47. The van der Waals surface area contributed by atoms with Crippen LogP contribution in [0, 0.1) is 17.0 Å². The third kappa shape index (κ3) is 3.76. The highest BCUT2D eigenvalue weighted by Gasteiger charge is 2.12. The molecule has 2 rings (SSSR count). The summed E-state index contributed by atoms with van der Waals surface area (Å²) in [7, 11) is 0. The van der Waals surface area contributed by atoms with E-state index < -0.39 is 4.92 Å². The minimum absolute atomic E-state index is 0.0202. The molecule has 0 spiro atoms. The predicted molar refractivity (Wildman–Crippen MR) is 79.4 cm³/mol. The van der Waals surface area contributed by atoms with Crippen LogP contribution in [0.4, 0.5) is 11.4 Å². The third-order valence-corrected chi connectivity index (χ3v) is 3.15. The summed E-state index contributed by atoms with van der Waals surface area (Å²) in [5, 5.41) is 13.6. The summed E-state index contributed by atoms with van der Waals surface area (Å²) in [6.07, 6.45) is 1.57. The van der Waals surface area contributed by atoms with E-state index in [0.29, 0.717) is 11.3 Å². The Morgan fingerprint density at radius 1 is 1.43 bits per heavy atom. The molecule has 7 heteroatoms. The van der Waals surface area contributed by atoms with Crippen LogP contribution < -0.4 is 5.32 Å². The zero-order valence-corrected chi connectivity index (χ0v) is 11.9. The van der Waals surface area contributed by atoms with Crippen molar-refractivity contribution in [1.82, 2.24) is 4.98 Å². The fourth-order valence-corrected chi connectivity index (χ4v) is 2.08. The number of benzene rings is 1. The van der Waals surface area contributed by atoms with E-state index >= 15 is 0 Å². The third-order valence-electron chi connectivity index (χ3n) is 2.86. The predicted octanol–water partition coefficient (Wildman–Crippen LogP) is 3.13. The molecule has 0 atom stereocenters. The van der Waals surface area contributed by atoms with Crippen molar-refractivity contribution in [3.8, 4) is 0 Å². The number of carbonyl (C=O) groups is 1.